The molecule has 2 N–H and O–H groups in total. The van der Waals surface area contributed by atoms with Gasteiger partial charge in [-0.05, 0) is 30.0 Å². The summed E-state index contributed by atoms with van der Waals surface area (Å²) in [7, 11) is 0. The molecule has 1 unspecified atom stereocenters. The lowest BCUT2D eigenvalue weighted by Crippen LogP contribution is -2.31. The molecule has 2 aromatic rings. The third kappa shape index (κ3) is 2.00. The number of rotatable bonds is 1. The average molecular weight is 264 g/mol. The quantitative estimate of drug-likeness (QED) is 0.858. The van der Waals surface area contributed by atoms with Crippen LogP contribution in [0.15, 0.2) is 24.3 Å². The number of nitrogens with zero attached hydrogens (tertiary/aromatic N) is 1. The predicted octanol–water partition coefficient (Wildman–Crippen LogP) is 2.21. The van der Waals surface area contributed by atoms with Gasteiger partial charge in [-0.2, -0.15) is 0 Å². The van der Waals surface area contributed by atoms with Crippen molar-refractivity contribution < 1.29 is 9.18 Å². The Bertz CT molecular complexity index is 610. The molecule has 3 nitrogen and oxygen atoms in total. The number of likely N-dealkylation sites (tertiary alicyclic amines) is 1. The second-order valence-electron chi connectivity index (χ2n) is 4.59. The van der Waals surface area contributed by atoms with E-state index in [9.17, 15) is 9.18 Å². The van der Waals surface area contributed by atoms with Gasteiger partial charge in [0, 0.05) is 23.8 Å². The Labute approximate surface area is 108 Å². The number of carbonyl (C=O) groups is 1. The highest BCUT2D eigenvalue weighted by Gasteiger charge is 2.25. The third-order valence-electron chi connectivity index (χ3n) is 3.20. The lowest BCUT2D eigenvalue weighted by molar-refractivity contribution is 0.0795. The Morgan fingerprint density at radius 1 is 1.44 bits per heavy atom. The van der Waals surface area contributed by atoms with Crippen molar-refractivity contribution in [2.75, 3.05) is 13.1 Å². The van der Waals surface area contributed by atoms with Gasteiger partial charge in [0.1, 0.15) is 5.82 Å². The van der Waals surface area contributed by atoms with E-state index in [-0.39, 0.29) is 17.8 Å². The number of thiophene rings is 1. The van der Waals surface area contributed by atoms with Crippen LogP contribution in [0.3, 0.4) is 0 Å². The molecule has 0 saturated carbocycles. The topological polar surface area (TPSA) is 46.3 Å². The van der Waals surface area contributed by atoms with Crippen molar-refractivity contribution in [3.8, 4) is 0 Å². The Morgan fingerprint density at radius 3 is 3.00 bits per heavy atom. The zero-order valence-corrected chi connectivity index (χ0v) is 10.5. The summed E-state index contributed by atoms with van der Waals surface area (Å²) in [6.07, 6.45) is 0.852. The molecule has 18 heavy (non-hydrogen) atoms. The maximum absolute atomic E-state index is 13.1. The Balaban J connectivity index is 1.92. The maximum atomic E-state index is 13.1. The van der Waals surface area contributed by atoms with Crippen LogP contribution in [0.4, 0.5) is 4.39 Å². The van der Waals surface area contributed by atoms with Crippen LogP contribution in [-0.4, -0.2) is 29.9 Å². The molecule has 1 fully saturated rings. The molecule has 3 rings (SSSR count). The van der Waals surface area contributed by atoms with Gasteiger partial charge in [-0.3, -0.25) is 4.79 Å². The van der Waals surface area contributed by atoms with Crippen molar-refractivity contribution in [2.24, 2.45) is 5.73 Å². The third-order valence-corrected chi connectivity index (χ3v) is 4.29. The molecule has 1 aliphatic heterocycles. The standard InChI is InChI=1S/C13H13FN2OS/c14-9-2-1-8-5-12(18-11(8)6-9)13(17)16-4-3-10(15)7-16/h1-2,5-6,10H,3-4,7,15H2. The van der Waals surface area contributed by atoms with Crippen molar-refractivity contribution in [3.63, 3.8) is 0 Å². The van der Waals surface area contributed by atoms with E-state index >= 15 is 0 Å². The normalized spacial score (nSPS) is 19.7. The molecule has 2 heterocycles. The highest BCUT2D eigenvalue weighted by Crippen LogP contribution is 2.28. The summed E-state index contributed by atoms with van der Waals surface area (Å²) in [5, 5.41) is 0.910. The lowest BCUT2D eigenvalue weighted by atomic mass is 10.2. The van der Waals surface area contributed by atoms with Crippen LogP contribution in [0, 0.1) is 5.82 Å². The van der Waals surface area contributed by atoms with E-state index in [0.717, 1.165) is 16.5 Å². The molecule has 5 heteroatoms. The van der Waals surface area contributed by atoms with E-state index in [0.29, 0.717) is 18.0 Å². The summed E-state index contributed by atoms with van der Waals surface area (Å²) in [6.45, 7) is 1.32. The van der Waals surface area contributed by atoms with E-state index in [2.05, 4.69) is 0 Å². The number of nitrogens with two attached hydrogens (primary N) is 1. The van der Waals surface area contributed by atoms with Crippen LogP contribution in [0.25, 0.3) is 10.1 Å². The first-order chi connectivity index (χ1) is 8.63. The molecule has 1 aromatic carbocycles. The number of halogens is 1. The zero-order valence-electron chi connectivity index (χ0n) is 9.73. The van der Waals surface area contributed by atoms with E-state index in [1.165, 1.54) is 23.5 Å². The number of carbonyl (C=O) groups excluding carboxylic acids is 1. The first kappa shape index (κ1) is 11.6. The van der Waals surface area contributed by atoms with Crippen molar-refractivity contribution >= 4 is 27.3 Å². The second kappa shape index (κ2) is 4.33. The van der Waals surface area contributed by atoms with Crippen LogP contribution in [0.1, 0.15) is 16.1 Å². The Kier molecular flexibility index (Phi) is 2.80. The van der Waals surface area contributed by atoms with Crippen LogP contribution in [-0.2, 0) is 0 Å². The highest BCUT2D eigenvalue weighted by molar-refractivity contribution is 7.20. The minimum absolute atomic E-state index is 0.00422. The maximum Gasteiger partial charge on any atom is 0.264 e. The number of hydrogen-bond donors (Lipinski definition) is 1. The first-order valence-electron chi connectivity index (χ1n) is 5.87. The molecule has 1 aromatic heterocycles. The van der Waals surface area contributed by atoms with Gasteiger partial charge in [0.05, 0.1) is 4.88 Å². The minimum atomic E-state index is -0.272. The Morgan fingerprint density at radius 2 is 2.28 bits per heavy atom. The second-order valence-corrected chi connectivity index (χ2v) is 5.68. The fourth-order valence-electron chi connectivity index (χ4n) is 2.24. The molecule has 1 aliphatic rings. The fraction of sp³-hybridized carbons (Fsp3) is 0.308. The number of fused-ring (bicyclic) bond motifs is 1. The highest BCUT2D eigenvalue weighted by atomic mass is 32.1. The summed E-state index contributed by atoms with van der Waals surface area (Å²) in [5.74, 6) is -0.267. The van der Waals surface area contributed by atoms with Crippen LogP contribution < -0.4 is 5.73 Å². The van der Waals surface area contributed by atoms with Crippen LogP contribution in [0.5, 0.6) is 0 Å². The summed E-state index contributed by atoms with van der Waals surface area (Å²) >= 11 is 1.34. The van der Waals surface area contributed by atoms with Crippen molar-refractivity contribution in [1.29, 1.82) is 0 Å². The van der Waals surface area contributed by atoms with Gasteiger partial charge in [-0.15, -0.1) is 11.3 Å². The molecule has 1 atom stereocenters. The van der Waals surface area contributed by atoms with Gasteiger partial charge in [-0.25, -0.2) is 4.39 Å². The first-order valence-corrected chi connectivity index (χ1v) is 6.69. The summed E-state index contributed by atoms with van der Waals surface area (Å²) < 4.78 is 13.9. The predicted molar refractivity (Wildman–Crippen MR) is 70.3 cm³/mol. The zero-order chi connectivity index (χ0) is 12.7. The SMILES string of the molecule is NC1CCN(C(=O)c2cc3ccc(F)cc3s2)C1. The monoisotopic (exact) mass is 264 g/mol. The molecule has 0 spiro atoms. The summed E-state index contributed by atoms with van der Waals surface area (Å²) in [4.78, 5) is 14.7. The Hall–Kier alpha value is -1.46. The van der Waals surface area contributed by atoms with E-state index in [1.807, 2.05) is 6.07 Å². The van der Waals surface area contributed by atoms with Gasteiger partial charge in [0.25, 0.3) is 5.91 Å². The van der Waals surface area contributed by atoms with Crippen LogP contribution in [0.2, 0.25) is 0 Å². The van der Waals surface area contributed by atoms with E-state index in [1.54, 1.807) is 11.0 Å². The van der Waals surface area contributed by atoms with Gasteiger partial charge >= 0.3 is 0 Å². The largest absolute Gasteiger partial charge is 0.336 e. The molecular formula is C13H13FN2OS. The molecule has 1 saturated heterocycles. The molecule has 94 valence electrons. The van der Waals surface area contributed by atoms with Gasteiger partial charge in [-0.1, -0.05) is 6.07 Å². The van der Waals surface area contributed by atoms with Crippen molar-refractivity contribution in [3.05, 3.63) is 35.0 Å². The van der Waals surface area contributed by atoms with E-state index in [4.69, 9.17) is 5.73 Å². The number of benzene rings is 1. The smallest absolute Gasteiger partial charge is 0.264 e. The summed E-state index contributed by atoms with van der Waals surface area (Å²) in [6, 6.07) is 6.49. The van der Waals surface area contributed by atoms with Gasteiger partial charge < -0.3 is 10.6 Å². The molecule has 0 aliphatic carbocycles. The van der Waals surface area contributed by atoms with E-state index < -0.39 is 0 Å². The number of hydrogen-bond acceptors (Lipinski definition) is 3. The lowest BCUT2D eigenvalue weighted by Gasteiger charge is -2.13. The summed E-state index contributed by atoms with van der Waals surface area (Å²) in [5.41, 5.74) is 5.80. The average Bonchev–Trinajstić information content (AvgIpc) is 2.93. The van der Waals surface area contributed by atoms with Gasteiger partial charge in [0.15, 0.2) is 0 Å². The molecule has 0 bridgehead atoms. The van der Waals surface area contributed by atoms with Gasteiger partial charge in [0.2, 0.25) is 0 Å². The molecule has 0 radical (unpaired) electrons. The number of amides is 1. The minimum Gasteiger partial charge on any atom is -0.336 e. The van der Waals surface area contributed by atoms with Crippen LogP contribution >= 0.6 is 11.3 Å². The molecular weight excluding hydrogens is 251 g/mol. The fourth-order valence-corrected chi connectivity index (χ4v) is 3.29. The molecule has 1 amide bonds. The van der Waals surface area contributed by atoms with Crippen molar-refractivity contribution in [2.45, 2.75) is 12.5 Å². The van der Waals surface area contributed by atoms with Crippen molar-refractivity contribution in [1.82, 2.24) is 4.90 Å².